The van der Waals surface area contributed by atoms with Gasteiger partial charge < -0.3 is 20.3 Å². The normalized spacial score (nSPS) is 10.5. The van der Waals surface area contributed by atoms with Crippen LogP contribution in [0.4, 0.5) is 23.0 Å². The Labute approximate surface area is 186 Å². The van der Waals surface area contributed by atoms with Gasteiger partial charge in [0.2, 0.25) is 0 Å². The standard InChI is InChI=1S/C19H16Cl2N6O4/c1-25(9-8-22-13-3-5-14(6-4-13)26(28)29)17-11-23-19(27(30)31)18(24-17)15-7-2-12(20)10-16(15)21/h2-7,10-11,22H,8-9H2,1H3. The summed E-state index contributed by atoms with van der Waals surface area (Å²) in [4.78, 5) is 31.2. The number of nitrogens with zero attached hydrogens (tertiary/aromatic N) is 5. The molecule has 12 heteroatoms. The zero-order chi connectivity index (χ0) is 22.5. The van der Waals surface area contributed by atoms with Crippen molar-refractivity contribution in [3.63, 3.8) is 0 Å². The first-order chi connectivity index (χ1) is 14.8. The maximum absolute atomic E-state index is 11.4. The van der Waals surface area contributed by atoms with Crippen molar-refractivity contribution < 1.29 is 9.85 Å². The summed E-state index contributed by atoms with van der Waals surface area (Å²) in [6, 6.07) is 10.7. The van der Waals surface area contributed by atoms with E-state index in [4.69, 9.17) is 23.2 Å². The molecule has 0 saturated carbocycles. The van der Waals surface area contributed by atoms with E-state index >= 15 is 0 Å². The zero-order valence-electron chi connectivity index (χ0n) is 16.2. The summed E-state index contributed by atoms with van der Waals surface area (Å²) >= 11 is 12.1. The third-order valence-electron chi connectivity index (χ3n) is 4.35. The van der Waals surface area contributed by atoms with Gasteiger partial charge >= 0.3 is 5.82 Å². The number of hydrogen-bond acceptors (Lipinski definition) is 8. The summed E-state index contributed by atoms with van der Waals surface area (Å²) < 4.78 is 0. The average molecular weight is 463 g/mol. The first-order valence-electron chi connectivity index (χ1n) is 8.92. The fraction of sp³-hybridized carbons (Fsp3) is 0.158. The molecule has 2 aromatic carbocycles. The smallest absolute Gasteiger partial charge is 0.383 e. The Bertz CT molecular complexity index is 1130. The molecule has 1 N–H and O–H groups in total. The molecular formula is C19H16Cl2N6O4. The first kappa shape index (κ1) is 22.2. The average Bonchev–Trinajstić information content (AvgIpc) is 2.73. The van der Waals surface area contributed by atoms with Crippen molar-refractivity contribution in [3.8, 4) is 11.3 Å². The molecule has 0 unspecified atom stereocenters. The molecule has 0 bridgehead atoms. The van der Waals surface area contributed by atoms with Crippen molar-refractivity contribution in [2.24, 2.45) is 0 Å². The van der Waals surface area contributed by atoms with Crippen LogP contribution in [0.3, 0.4) is 0 Å². The van der Waals surface area contributed by atoms with Crippen LogP contribution in [0.1, 0.15) is 0 Å². The van der Waals surface area contributed by atoms with E-state index in [0.29, 0.717) is 29.5 Å². The number of nitrogens with one attached hydrogen (secondary N) is 1. The Morgan fingerprint density at radius 1 is 1.06 bits per heavy atom. The third kappa shape index (κ3) is 5.36. The minimum Gasteiger partial charge on any atom is -0.383 e. The van der Waals surface area contributed by atoms with Crippen LogP contribution in [0.15, 0.2) is 48.7 Å². The number of hydrogen-bond donors (Lipinski definition) is 1. The van der Waals surface area contributed by atoms with E-state index < -0.39 is 15.7 Å². The van der Waals surface area contributed by atoms with E-state index in [1.807, 2.05) is 0 Å². The minimum atomic E-state index is -0.618. The number of nitro benzene ring substituents is 1. The van der Waals surface area contributed by atoms with Crippen LogP contribution in [-0.4, -0.2) is 40.0 Å². The largest absolute Gasteiger partial charge is 0.390 e. The first-order valence-corrected chi connectivity index (χ1v) is 9.68. The number of aromatic nitrogens is 2. The van der Waals surface area contributed by atoms with Crippen LogP contribution in [0, 0.1) is 20.2 Å². The Morgan fingerprint density at radius 3 is 2.39 bits per heavy atom. The summed E-state index contributed by atoms with van der Waals surface area (Å²) in [5.74, 6) is 0.00231. The van der Waals surface area contributed by atoms with Crippen molar-refractivity contribution in [1.29, 1.82) is 0 Å². The number of rotatable bonds is 8. The van der Waals surface area contributed by atoms with Gasteiger partial charge in [-0.05, 0) is 40.2 Å². The number of anilines is 2. The van der Waals surface area contributed by atoms with Crippen molar-refractivity contribution in [1.82, 2.24) is 9.97 Å². The van der Waals surface area contributed by atoms with Gasteiger partial charge in [-0.15, -0.1) is 0 Å². The second-order valence-corrected chi connectivity index (χ2v) is 7.28. The van der Waals surface area contributed by atoms with Crippen LogP contribution in [0.2, 0.25) is 10.0 Å². The summed E-state index contributed by atoms with van der Waals surface area (Å²) in [6.07, 6.45) is 1.32. The molecule has 1 aromatic heterocycles. The summed E-state index contributed by atoms with van der Waals surface area (Å²) in [7, 11) is 1.76. The fourth-order valence-electron chi connectivity index (χ4n) is 2.74. The quantitative estimate of drug-likeness (QED) is 0.372. The number of benzene rings is 2. The highest BCUT2D eigenvalue weighted by Crippen LogP contribution is 2.34. The molecule has 0 spiro atoms. The van der Waals surface area contributed by atoms with Gasteiger partial charge in [0, 0.05) is 48.5 Å². The van der Waals surface area contributed by atoms with Crippen molar-refractivity contribution in [2.75, 3.05) is 30.4 Å². The molecule has 3 rings (SSSR count). The summed E-state index contributed by atoms with van der Waals surface area (Å²) in [5, 5.41) is 25.9. The second-order valence-electron chi connectivity index (χ2n) is 6.43. The molecule has 0 amide bonds. The van der Waals surface area contributed by atoms with Gasteiger partial charge in [-0.2, -0.15) is 0 Å². The highest BCUT2D eigenvalue weighted by molar-refractivity contribution is 6.36. The highest BCUT2D eigenvalue weighted by atomic mass is 35.5. The van der Waals surface area contributed by atoms with E-state index in [1.54, 1.807) is 36.2 Å². The maximum atomic E-state index is 11.4. The number of nitro groups is 2. The monoisotopic (exact) mass is 462 g/mol. The predicted octanol–water partition coefficient (Wildman–Crippen LogP) is 4.82. The molecule has 0 saturated heterocycles. The maximum Gasteiger partial charge on any atom is 0.390 e. The lowest BCUT2D eigenvalue weighted by Crippen LogP contribution is -2.26. The third-order valence-corrected chi connectivity index (χ3v) is 4.89. The lowest BCUT2D eigenvalue weighted by molar-refractivity contribution is -0.389. The number of halogens is 2. The molecule has 0 aliphatic heterocycles. The molecular weight excluding hydrogens is 447 g/mol. The molecule has 0 aliphatic carbocycles. The molecule has 1 heterocycles. The zero-order valence-corrected chi connectivity index (χ0v) is 17.7. The molecule has 0 aliphatic rings. The SMILES string of the molecule is CN(CCNc1ccc([N+](=O)[O-])cc1)c1cnc([N+](=O)[O-])c(-c2ccc(Cl)cc2Cl)n1. The van der Waals surface area contributed by atoms with E-state index in [0.717, 1.165) is 5.69 Å². The number of non-ortho nitro benzene ring substituents is 1. The van der Waals surface area contributed by atoms with Crippen molar-refractivity contribution >= 4 is 46.2 Å². The van der Waals surface area contributed by atoms with Crippen LogP contribution >= 0.6 is 23.2 Å². The van der Waals surface area contributed by atoms with Gasteiger partial charge in [0.05, 0.1) is 9.95 Å². The fourth-order valence-corrected chi connectivity index (χ4v) is 3.23. The number of likely N-dealkylation sites (N-methyl/N-ethyl adjacent to an activating group) is 1. The predicted molar refractivity (Wildman–Crippen MR) is 119 cm³/mol. The Balaban J connectivity index is 1.75. The Hall–Kier alpha value is -3.50. The second kappa shape index (κ2) is 9.54. The van der Waals surface area contributed by atoms with Crippen molar-refractivity contribution in [3.05, 3.63) is 78.9 Å². The van der Waals surface area contributed by atoms with E-state index in [1.165, 1.54) is 24.4 Å². The Kier molecular flexibility index (Phi) is 6.83. The van der Waals surface area contributed by atoms with Crippen LogP contribution in [-0.2, 0) is 0 Å². The Morgan fingerprint density at radius 2 is 1.77 bits per heavy atom. The van der Waals surface area contributed by atoms with Gasteiger partial charge in [0.25, 0.3) is 5.69 Å². The molecule has 3 aromatic rings. The summed E-state index contributed by atoms with van der Waals surface area (Å²) in [5.41, 5.74) is 1.13. The highest BCUT2D eigenvalue weighted by Gasteiger charge is 2.23. The van der Waals surface area contributed by atoms with Gasteiger partial charge in [-0.1, -0.05) is 23.2 Å². The van der Waals surface area contributed by atoms with E-state index in [9.17, 15) is 20.2 Å². The molecule has 31 heavy (non-hydrogen) atoms. The molecule has 0 fully saturated rings. The van der Waals surface area contributed by atoms with Crippen molar-refractivity contribution in [2.45, 2.75) is 0 Å². The lowest BCUT2D eigenvalue weighted by atomic mass is 10.1. The van der Waals surface area contributed by atoms with E-state index in [2.05, 4.69) is 15.3 Å². The molecule has 10 nitrogen and oxygen atoms in total. The lowest BCUT2D eigenvalue weighted by Gasteiger charge is -2.18. The minimum absolute atomic E-state index is 0.0113. The molecule has 0 atom stereocenters. The van der Waals surface area contributed by atoms with Gasteiger partial charge in [0.15, 0.2) is 17.7 Å². The topological polar surface area (TPSA) is 127 Å². The molecule has 160 valence electrons. The van der Waals surface area contributed by atoms with Crippen LogP contribution in [0.5, 0.6) is 0 Å². The van der Waals surface area contributed by atoms with Gasteiger partial charge in [-0.3, -0.25) is 10.1 Å². The van der Waals surface area contributed by atoms with E-state index in [-0.39, 0.29) is 16.4 Å². The van der Waals surface area contributed by atoms with Crippen LogP contribution in [0.25, 0.3) is 11.3 Å². The van der Waals surface area contributed by atoms with Gasteiger partial charge in [-0.25, -0.2) is 4.98 Å². The molecule has 0 radical (unpaired) electrons. The summed E-state index contributed by atoms with van der Waals surface area (Å²) in [6.45, 7) is 0.973. The van der Waals surface area contributed by atoms with Gasteiger partial charge in [0.1, 0.15) is 0 Å². The van der Waals surface area contributed by atoms with Crippen LogP contribution < -0.4 is 10.2 Å².